The summed E-state index contributed by atoms with van der Waals surface area (Å²) in [5, 5.41) is 8.05. The Balaban J connectivity index is 2.55. The maximum Gasteiger partial charge on any atom is 0.328 e. The molecule has 2 rings (SSSR count). The van der Waals surface area contributed by atoms with Crippen LogP contribution in [0.1, 0.15) is 27.7 Å². The summed E-state index contributed by atoms with van der Waals surface area (Å²) in [5.74, 6) is -1.84. The van der Waals surface area contributed by atoms with E-state index in [1.807, 2.05) is 0 Å². The van der Waals surface area contributed by atoms with Gasteiger partial charge in [0.25, 0.3) is 5.91 Å². The fraction of sp³-hybridized carbons (Fsp3) is 0.727. The van der Waals surface area contributed by atoms with Gasteiger partial charge in [-0.1, -0.05) is 0 Å². The Morgan fingerprint density at radius 1 is 1.37 bits per heavy atom. The van der Waals surface area contributed by atoms with Crippen LogP contribution >= 0.6 is 0 Å². The summed E-state index contributed by atoms with van der Waals surface area (Å²) in [6.45, 7) is 6.01. The number of carbonyl (C=O) groups excluding carboxylic acids is 1. The van der Waals surface area contributed by atoms with Crippen LogP contribution in [0.25, 0.3) is 0 Å². The van der Waals surface area contributed by atoms with Crippen molar-refractivity contribution in [1.82, 2.24) is 4.90 Å². The standard InChI is InChI=1S/C11H16N2O5S/c1-5(2)12-6-8(14)13-7(10(15)16)11(3,4)19(17,18)9(6)13/h6-7,9H,1-4H3,(H,15,16)/t6?,7?,9-/m0/s1. The summed E-state index contributed by atoms with van der Waals surface area (Å²) in [7, 11) is -3.77. The first-order valence-electron chi connectivity index (χ1n) is 5.83. The molecule has 3 atom stereocenters. The lowest BCUT2D eigenvalue weighted by Crippen LogP contribution is -2.66. The fourth-order valence-corrected chi connectivity index (χ4v) is 4.87. The summed E-state index contributed by atoms with van der Waals surface area (Å²) >= 11 is 0. The molecule has 0 spiro atoms. The minimum atomic E-state index is -3.77. The summed E-state index contributed by atoms with van der Waals surface area (Å²) in [6.07, 6.45) is 0. The van der Waals surface area contributed by atoms with Gasteiger partial charge in [0.1, 0.15) is 10.8 Å². The smallest absolute Gasteiger partial charge is 0.328 e. The Kier molecular flexibility index (Phi) is 2.78. The first-order valence-corrected chi connectivity index (χ1v) is 7.37. The molecule has 2 aliphatic rings. The van der Waals surface area contributed by atoms with Crippen molar-refractivity contribution in [3.8, 4) is 0 Å². The average Bonchev–Trinajstić information content (AvgIpc) is 2.38. The molecule has 8 heteroatoms. The Labute approximate surface area is 111 Å². The van der Waals surface area contributed by atoms with Gasteiger partial charge in [0, 0.05) is 5.71 Å². The molecule has 1 N–H and O–H groups in total. The van der Waals surface area contributed by atoms with E-state index in [0.717, 1.165) is 4.90 Å². The van der Waals surface area contributed by atoms with E-state index in [1.54, 1.807) is 13.8 Å². The van der Waals surface area contributed by atoms with Crippen LogP contribution in [0.5, 0.6) is 0 Å². The second-order valence-electron chi connectivity index (χ2n) is 5.55. The summed E-state index contributed by atoms with van der Waals surface area (Å²) in [4.78, 5) is 28.2. The minimum Gasteiger partial charge on any atom is -0.480 e. The zero-order valence-corrected chi connectivity index (χ0v) is 11.9. The van der Waals surface area contributed by atoms with Gasteiger partial charge in [-0.15, -0.1) is 0 Å². The summed E-state index contributed by atoms with van der Waals surface area (Å²) in [5.41, 5.74) is 0.588. The summed E-state index contributed by atoms with van der Waals surface area (Å²) < 4.78 is 23.3. The Bertz CT molecular complexity index is 588. The Hall–Kier alpha value is -1.44. The second-order valence-corrected chi connectivity index (χ2v) is 8.17. The third-order valence-electron chi connectivity index (χ3n) is 3.67. The number of hydrogen-bond donors (Lipinski definition) is 1. The number of aliphatic carboxylic acids is 1. The molecular formula is C11H16N2O5S. The maximum atomic E-state index is 12.4. The Morgan fingerprint density at radius 2 is 1.89 bits per heavy atom. The van der Waals surface area contributed by atoms with Crippen LogP contribution in [0.3, 0.4) is 0 Å². The SMILES string of the molecule is CC(C)=NC1C(=O)N2C(C(=O)O)C(C)(C)S(=O)(=O)[C@@H]12. The van der Waals surface area contributed by atoms with Gasteiger partial charge in [-0.2, -0.15) is 0 Å². The van der Waals surface area contributed by atoms with Gasteiger partial charge in [0.2, 0.25) is 0 Å². The second kappa shape index (κ2) is 3.78. The number of carbonyl (C=O) groups is 2. The van der Waals surface area contributed by atoms with Gasteiger partial charge in [-0.3, -0.25) is 9.79 Å². The molecule has 2 unspecified atom stereocenters. The number of fused-ring (bicyclic) bond motifs is 1. The van der Waals surface area contributed by atoms with Gasteiger partial charge in [0.05, 0.1) is 0 Å². The van der Waals surface area contributed by atoms with Crippen molar-refractivity contribution in [2.75, 3.05) is 0 Å². The van der Waals surface area contributed by atoms with E-state index in [9.17, 15) is 23.1 Å². The monoisotopic (exact) mass is 288 g/mol. The molecule has 0 aromatic rings. The molecule has 2 fully saturated rings. The molecule has 0 bridgehead atoms. The van der Waals surface area contributed by atoms with Crippen LogP contribution in [0.4, 0.5) is 0 Å². The van der Waals surface area contributed by atoms with Crippen LogP contribution in [0, 0.1) is 0 Å². The van der Waals surface area contributed by atoms with Crippen molar-refractivity contribution >= 4 is 27.4 Å². The minimum absolute atomic E-state index is 0.534. The van der Waals surface area contributed by atoms with Crippen molar-refractivity contribution < 1.29 is 23.1 Å². The fourth-order valence-electron chi connectivity index (χ4n) is 2.68. The number of rotatable bonds is 2. The number of aliphatic imine (C=N–C) groups is 1. The molecule has 106 valence electrons. The highest BCUT2D eigenvalue weighted by Crippen LogP contribution is 2.46. The predicted octanol–water partition coefficient (Wildman–Crippen LogP) is -0.336. The van der Waals surface area contributed by atoms with E-state index in [2.05, 4.69) is 4.99 Å². The highest BCUT2D eigenvalue weighted by molar-refractivity contribution is 7.94. The molecule has 2 aliphatic heterocycles. The lowest BCUT2D eigenvalue weighted by molar-refractivity contribution is -0.159. The lowest BCUT2D eigenvalue weighted by Gasteiger charge is -2.40. The molecule has 1 amide bonds. The predicted molar refractivity (Wildman–Crippen MR) is 67.6 cm³/mol. The molecule has 0 aliphatic carbocycles. The van der Waals surface area contributed by atoms with Crippen LogP contribution in [-0.4, -0.2) is 58.2 Å². The molecule has 0 radical (unpaired) electrons. The van der Waals surface area contributed by atoms with Crippen molar-refractivity contribution in [3.63, 3.8) is 0 Å². The van der Waals surface area contributed by atoms with E-state index in [1.165, 1.54) is 13.8 Å². The zero-order valence-electron chi connectivity index (χ0n) is 11.1. The normalized spacial score (nSPS) is 34.4. The molecule has 0 aromatic carbocycles. The first kappa shape index (κ1) is 14.0. The van der Waals surface area contributed by atoms with Gasteiger partial charge in [0.15, 0.2) is 21.3 Å². The molecule has 0 aromatic heterocycles. The molecule has 0 saturated carbocycles. The van der Waals surface area contributed by atoms with Gasteiger partial charge in [-0.25, -0.2) is 13.2 Å². The van der Waals surface area contributed by atoms with E-state index in [4.69, 9.17) is 0 Å². The van der Waals surface area contributed by atoms with Crippen LogP contribution in [0.2, 0.25) is 0 Å². The number of carboxylic acid groups (broad SMARTS) is 1. The quantitative estimate of drug-likeness (QED) is 0.553. The first-order chi connectivity index (χ1) is 8.53. The van der Waals surface area contributed by atoms with Crippen molar-refractivity contribution in [1.29, 1.82) is 0 Å². The number of carboxylic acids is 1. The van der Waals surface area contributed by atoms with Crippen LogP contribution < -0.4 is 0 Å². The van der Waals surface area contributed by atoms with Crippen molar-refractivity contribution in [3.05, 3.63) is 0 Å². The van der Waals surface area contributed by atoms with E-state index >= 15 is 0 Å². The number of hydrogen-bond acceptors (Lipinski definition) is 5. The highest BCUT2D eigenvalue weighted by Gasteiger charge is 2.72. The average molecular weight is 288 g/mol. The molecule has 2 heterocycles. The van der Waals surface area contributed by atoms with Crippen molar-refractivity contribution in [2.45, 2.75) is 49.9 Å². The van der Waals surface area contributed by atoms with E-state index < -0.39 is 43.9 Å². The number of sulfone groups is 1. The van der Waals surface area contributed by atoms with Gasteiger partial charge >= 0.3 is 5.97 Å². The molecular weight excluding hydrogens is 272 g/mol. The third kappa shape index (κ3) is 1.55. The highest BCUT2D eigenvalue weighted by atomic mass is 32.2. The summed E-state index contributed by atoms with van der Waals surface area (Å²) in [6, 6.07) is -2.35. The number of amides is 1. The maximum absolute atomic E-state index is 12.4. The lowest BCUT2D eigenvalue weighted by atomic mass is 9.96. The van der Waals surface area contributed by atoms with Crippen LogP contribution in [0.15, 0.2) is 4.99 Å². The third-order valence-corrected chi connectivity index (χ3v) is 6.48. The molecule has 19 heavy (non-hydrogen) atoms. The largest absolute Gasteiger partial charge is 0.480 e. The van der Waals surface area contributed by atoms with E-state index in [-0.39, 0.29) is 0 Å². The number of β-lactam (4-membered cyclic amide) rings is 1. The Morgan fingerprint density at radius 3 is 2.32 bits per heavy atom. The van der Waals surface area contributed by atoms with Crippen molar-refractivity contribution in [2.24, 2.45) is 4.99 Å². The zero-order chi connectivity index (χ0) is 14.7. The molecule has 2 saturated heterocycles. The topological polar surface area (TPSA) is 104 Å². The van der Waals surface area contributed by atoms with Gasteiger partial charge < -0.3 is 10.0 Å². The number of nitrogens with zero attached hydrogens (tertiary/aromatic N) is 2. The molecule has 7 nitrogen and oxygen atoms in total. The van der Waals surface area contributed by atoms with Crippen LogP contribution in [-0.2, 0) is 19.4 Å². The van der Waals surface area contributed by atoms with E-state index in [0.29, 0.717) is 5.71 Å². The van der Waals surface area contributed by atoms with Gasteiger partial charge in [-0.05, 0) is 27.7 Å².